The van der Waals surface area contributed by atoms with Crippen LogP contribution in [0.25, 0.3) is 22.1 Å². The van der Waals surface area contributed by atoms with Crippen LogP contribution in [0.5, 0.6) is 0 Å². The summed E-state index contributed by atoms with van der Waals surface area (Å²) >= 11 is 0. The smallest absolute Gasteiger partial charge is 0.201 e. The zero-order valence-corrected chi connectivity index (χ0v) is 14.6. The van der Waals surface area contributed by atoms with E-state index >= 15 is 0 Å². The second-order valence-corrected chi connectivity index (χ2v) is 12.5. The Balaban J connectivity index is 1.85. The van der Waals surface area contributed by atoms with E-state index in [4.69, 9.17) is 10.5 Å². The summed E-state index contributed by atoms with van der Waals surface area (Å²) in [6.45, 7) is 8.39. The number of pyridine rings is 1. The quantitative estimate of drug-likeness (QED) is 0.580. The second kappa shape index (κ2) is 5.40. The molecule has 0 fully saturated rings. The van der Waals surface area contributed by atoms with Crippen LogP contribution in [0.1, 0.15) is 0 Å². The van der Waals surface area contributed by atoms with Gasteiger partial charge in [0.1, 0.15) is 17.9 Å². The first-order valence-electron chi connectivity index (χ1n) is 7.50. The average molecular weight is 317 g/mol. The Morgan fingerprint density at radius 2 is 2.09 bits per heavy atom. The Morgan fingerprint density at radius 1 is 1.32 bits per heavy atom. The number of rotatable bonds is 5. The lowest BCUT2D eigenvalue weighted by Crippen LogP contribution is -2.22. The molecule has 0 aliphatic heterocycles. The van der Waals surface area contributed by atoms with Gasteiger partial charge in [-0.3, -0.25) is 0 Å². The molecule has 6 nitrogen and oxygen atoms in total. The molecule has 3 rings (SSSR count). The molecule has 22 heavy (non-hydrogen) atoms. The number of aryl methyl sites for hydroxylation is 1. The van der Waals surface area contributed by atoms with Crippen molar-refractivity contribution < 1.29 is 4.74 Å². The molecule has 0 saturated carbocycles. The summed E-state index contributed by atoms with van der Waals surface area (Å²) in [5, 5.41) is 1.05. The molecular weight excluding hydrogens is 294 g/mol. The zero-order valence-electron chi connectivity index (χ0n) is 13.6. The van der Waals surface area contributed by atoms with Crippen LogP contribution in [0.4, 0.5) is 5.95 Å². The van der Waals surface area contributed by atoms with Crippen molar-refractivity contribution in [3.63, 3.8) is 0 Å². The summed E-state index contributed by atoms with van der Waals surface area (Å²) in [6.07, 6.45) is 3.78. The number of nitrogens with two attached hydrogens (primary N) is 1. The average Bonchev–Trinajstić information content (AvgIpc) is 2.96. The first-order valence-corrected chi connectivity index (χ1v) is 11.2. The lowest BCUT2D eigenvalue weighted by atomic mass is 10.3. The Labute approximate surface area is 130 Å². The number of nitrogens with zero attached hydrogens (tertiary/aromatic N) is 4. The first kappa shape index (κ1) is 15.0. The minimum Gasteiger partial charge on any atom is -0.369 e. The molecule has 0 amide bonds. The molecular formula is C15H23N5OSi. The molecule has 0 radical (unpaired) electrons. The van der Waals surface area contributed by atoms with Gasteiger partial charge >= 0.3 is 0 Å². The number of hydrogen-bond donors (Lipinski definition) is 1. The summed E-state index contributed by atoms with van der Waals surface area (Å²) in [5.74, 6) is 0.503. The Hall–Kier alpha value is -1.86. The number of ether oxygens (including phenoxy) is 1. The van der Waals surface area contributed by atoms with E-state index in [0.717, 1.165) is 28.7 Å². The molecule has 0 aromatic carbocycles. The predicted octanol–water partition coefficient (Wildman–Crippen LogP) is 2.82. The van der Waals surface area contributed by atoms with Gasteiger partial charge in [-0.15, -0.1) is 0 Å². The number of hydrogen-bond acceptors (Lipinski definition) is 4. The van der Waals surface area contributed by atoms with Gasteiger partial charge in [0, 0.05) is 33.3 Å². The zero-order chi connectivity index (χ0) is 15.9. The highest BCUT2D eigenvalue weighted by Gasteiger charge is 2.14. The van der Waals surface area contributed by atoms with E-state index in [0.29, 0.717) is 12.7 Å². The fourth-order valence-electron chi connectivity index (χ4n) is 2.51. The molecule has 0 unspecified atom stereocenters. The molecule has 0 aliphatic rings. The second-order valence-electron chi connectivity index (χ2n) is 6.89. The Bertz CT molecular complexity index is 815. The fourth-order valence-corrected chi connectivity index (χ4v) is 3.26. The lowest BCUT2D eigenvalue weighted by molar-refractivity contribution is 0.0899. The number of nitrogen functional groups attached to an aromatic ring is 1. The number of imidazole rings is 1. The van der Waals surface area contributed by atoms with Gasteiger partial charge < -0.3 is 19.6 Å². The molecule has 7 heteroatoms. The van der Waals surface area contributed by atoms with Gasteiger partial charge in [-0.05, 0) is 12.1 Å². The molecule has 118 valence electrons. The van der Waals surface area contributed by atoms with Gasteiger partial charge in [-0.1, -0.05) is 19.6 Å². The predicted molar refractivity (Wildman–Crippen MR) is 92.5 cm³/mol. The van der Waals surface area contributed by atoms with Crippen molar-refractivity contribution in [2.45, 2.75) is 32.4 Å². The third kappa shape index (κ3) is 2.73. The summed E-state index contributed by atoms with van der Waals surface area (Å²) in [4.78, 5) is 8.83. The number of aromatic nitrogens is 4. The fraction of sp³-hybridized carbons (Fsp3) is 0.467. The standard InChI is InChI=1S/C15H23N5OSi/c1-19-13-11-5-6-20(10-21-7-8-22(2,3)4)14(11)17-9-12(13)18-15(19)16/h5-6,9H,7-8,10H2,1-4H3,(H2,16,18). The normalized spacial score (nSPS) is 12.5. The summed E-state index contributed by atoms with van der Waals surface area (Å²) in [5.41, 5.74) is 8.63. The van der Waals surface area contributed by atoms with Crippen molar-refractivity contribution in [3.05, 3.63) is 18.5 Å². The Morgan fingerprint density at radius 3 is 2.82 bits per heavy atom. The van der Waals surface area contributed by atoms with E-state index in [1.165, 1.54) is 6.04 Å². The molecule has 0 aliphatic carbocycles. The first-order chi connectivity index (χ1) is 10.4. The van der Waals surface area contributed by atoms with E-state index < -0.39 is 8.07 Å². The monoisotopic (exact) mass is 317 g/mol. The van der Waals surface area contributed by atoms with Crippen LogP contribution >= 0.6 is 0 Å². The van der Waals surface area contributed by atoms with E-state index in [-0.39, 0.29) is 0 Å². The van der Waals surface area contributed by atoms with Crippen LogP contribution in [0, 0.1) is 0 Å². The number of fused-ring (bicyclic) bond motifs is 3. The summed E-state index contributed by atoms with van der Waals surface area (Å²) in [6, 6.07) is 3.22. The third-order valence-corrected chi connectivity index (χ3v) is 5.59. The maximum absolute atomic E-state index is 5.89. The van der Waals surface area contributed by atoms with Crippen molar-refractivity contribution in [3.8, 4) is 0 Å². The highest BCUT2D eigenvalue weighted by Crippen LogP contribution is 2.25. The van der Waals surface area contributed by atoms with Gasteiger partial charge in [0.25, 0.3) is 0 Å². The van der Waals surface area contributed by atoms with Gasteiger partial charge in [0.2, 0.25) is 5.95 Å². The van der Waals surface area contributed by atoms with Gasteiger partial charge in [-0.25, -0.2) is 9.97 Å². The van der Waals surface area contributed by atoms with Crippen molar-refractivity contribution in [1.29, 1.82) is 0 Å². The third-order valence-electron chi connectivity index (χ3n) is 3.88. The minimum absolute atomic E-state index is 0.503. The highest BCUT2D eigenvalue weighted by molar-refractivity contribution is 6.76. The van der Waals surface area contributed by atoms with Gasteiger partial charge in [-0.2, -0.15) is 0 Å². The topological polar surface area (TPSA) is 70.9 Å². The van der Waals surface area contributed by atoms with E-state index in [9.17, 15) is 0 Å². The maximum Gasteiger partial charge on any atom is 0.201 e. The highest BCUT2D eigenvalue weighted by atomic mass is 28.3. The van der Waals surface area contributed by atoms with Crippen molar-refractivity contribution in [1.82, 2.24) is 19.1 Å². The van der Waals surface area contributed by atoms with Crippen molar-refractivity contribution in [2.75, 3.05) is 12.3 Å². The molecule has 0 bridgehead atoms. The van der Waals surface area contributed by atoms with Gasteiger partial charge in [0.05, 0.1) is 11.7 Å². The van der Waals surface area contributed by atoms with Gasteiger partial charge in [0.15, 0.2) is 0 Å². The maximum atomic E-state index is 5.89. The van der Waals surface area contributed by atoms with Crippen LogP contribution in [-0.4, -0.2) is 33.8 Å². The van der Waals surface area contributed by atoms with Crippen LogP contribution in [-0.2, 0) is 18.5 Å². The molecule has 3 aromatic heterocycles. The van der Waals surface area contributed by atoms with E-state index in [1.54, 1.807) is 6.20 Å². The molecule has 2 N–H and O–H groups in total. The van der Waals surface area contributed by atoms with Crippen LogP contribution < -0.4 is 5.73 Å². The molecule has 0 spiro atoms. The largest absolute Gasteiger partial charge is 0.369 e. The van der Waals surface area contributed by atoms with Crippen molar-refractivity contribution >= 4 is 36.1 Å². The molecule has 0 saturated heterocycles. The molecule has 3 aromatic rings. The molecule has 3 heterocycles. The SMILES string of the molecule is Cn1c(N)nc2cnc3c(ccn3COCC[Si](C)(C)C)c21. The summed E-state index contributed by atoms with van der Waals surface area (Å²) < 4.78 is 9.75. The van der Waals surface area contributed by atoms with Crippen molar-refractivity contribution in [2.24, 2.45) is 7.05 Å². The van der Waals surface area contributed by atoms with Crippen LogP contribution in [0.3, 0.4) is 0 Å². The molecule has 0 atom stereocenters. The van der Waals surface area contributed by atoms with E-state index in [2.05, 4.69) is 29.6 Å². The Kier molecular flexibility index (Phi) is 3.70. The number of anilines is 1. The van der Waals surface area contributed by atoms with Crippen LogP contribution in [0.15, 0.2) is 18.5 Å². The van der Waals surface area contributed by atoms with E-state index in [1.807, 2.05) is 28.4 Å². The lowest BCUT2D eigenvalue weighted by Gasteiger charge is -2.15. The summed E-state index contributed by atoms with van der Waals surface area (Å²) in [7, 11) is 0.873. The minimum atomic E-state index is -1.05. The van der Waals surface area contributed by atoms with Crippen LogP contribution in [0.2, 0.25) is 25.7 Å².